The second-order valence-corrected chi connectivity index (χ2v) is 14.8. The van der Waals surface area contributed by atoms with Gasteiger partial charge in [-0.1, -0.05) is 114 Å². The van der Waals surface area contributed by atoms with Gasteiger partial charge in [0.1, 0.15) is 43.2 Å². The number of benzene rings is 4. The minimum atomic E-state index is -1.57. The van der Waals surface area contributed by atoms with E-state index in [4.69, 9.17) is 47.4 Å². The molecule has 2 saturated heterocycles. The molecule has 0 aromatic heterocycles. The molecule has 0 radical (unpaired) electrons. The molecule has 10 atom stereocenters. The van der Waals surface area contributed by atoms with Crippen molar-refractivity contribution in [2.24, 2.45) is 5.11 Å². The van der Waals surface area contributed by atoms with E-state index in [1.54, 1.807) is 44.2 Å². The van der Waals surface area contributed by atoms with Gasteiger partial charge in [0.25, 0.3) is 0 Å². The van der Waals surface area contributed by atoms with Gasteiger partial charge in [0.15, 0.2) is 24.8 Å². The number of nitrogens with zero attached hydrogens (tertiary/aromatic N) is 3. The summed E-state index contributed by atoms with van der Waals surface area (Å²) >= 11 is 0. The normalized spacial score (nSPS) is 25.9. The van der Waals surface area contributed by atoms with Gasteiger partial charge in [-0.25, -0.2) is 9.59 Å². The van der Waals surface area contributed by atoms with Gasteiger partial charge in [-0.3, -0.25) is 4.79 Å². The van der Waals surface area contributed by atoms with Crippen LogP contribution in [0.4, 0.5) is 0 Å². The lowest BCUT2D eigenvalue weighted by atomic mass is 9.94. The van der Waals surface area contributed by atoms with Crippen molar-refractivity contribution >= 4 is 17.9 Å². The number of esters is 3. The van der Waals surface area contributed by atoms with Crippen molar-refractivity contribution in [2.75, 3.05) is 13.7 Å². The molecule has 0 aliphatic carbocycles. The van der Waals surface area contributed by atoms with Gasteiger partial charge in [-0.15, -0.1) is 0 Å². The Morgan fingerprint density at radius 1 is 0.677 bits per heavy atom. The van der Waals surface area contributed by atoms with Crippen LogP contribution in [0, 0.1) is 0 Å². The third-order valence-corrected chi connectivity index (χ3v) is 9.98. The Hall–Kier alpha value is -5.68. The number of hydrogen-bond donors (Lipinski definition) is 0. The summed E-state index contributed by atoms with van der Waals surface area (Å²) in [5.74, 6) is -2.19. The first-order chi connectivity index (χ1) is 30.1. The minimum absolute atomic E-state index is 0.0361. The Balaban J connectivity index is 1.43. The fourth-order valence-corrected chi connectivity index (χ4v) is 7.09. The second-order valence-electron chi connectivity index (χ2n) is 14.8. The molecule has 0 spiro atoms. The van der Waals surface area contributed by atoms with Crippen molar-refractivity contribution in [3.63, 3.8) is 0 Å². The molecule has 0 amide bonds. The van der Waals surface area contributed by atoms with Gasteiger partial charge in [0, 0.05) is 11.8 Å². The van der Waals surface area contributed by atoms with Gasteiger partial charge < -0.3 is 47.4 Å². The molecule has 6 rings (SSSR count). The van der Waals surface area contributed by atoms with Gasteiger partial charge in [0.2, 0.25) is 0 Å². The largest absolute Gasteiger partial charge is 0.467 e. The third kappa shape index (κ3) is 12.5. The Morgan fingerprint density at radius 3 is 1.69 bits per heavy atom. The molecular formula is C46H51N3O13. The van der Waals surface area contributed by atoms with Crippen LogP contribution in [0.5, 0.6) is 0 Å². The van der Waals surface area contributed by atoms with E-state index in [9.17, 15) is 19.9 Å². The fraction of sp³-hybridized carbons (Fsp3) is 0.413. The van der Waals surface area contributed by atoms with Crippen molar-refractivity contribution in [2.45, 2.75) is 108 Å². The van der Waals surface area contributed by atoms with Crippen LogP contribution in [0.2, 0.25) is 0 Å². The van der Waals surface area contributed by atoms with Gasteiger partial charge in [0.05, 0.1) is 38.6 Å². The van der Waals surface area contributed by atoms with Crippen LogP contribution in [-0.2, 0) is 76.8 Å². The summed E-state index contributed by atoms with van der Waals surface area (Å²) in [6.07, 6.45) is -12.3. The van der Waals surface area contributed by atoms with Crippen molar-refractivity contribution in [3.8, 4) is 0 Å². The summed E-state index contributed by atoms with van der Waals surface area (Å²) < 4.78 is 62.4. The molecule has 16 nitrogen and oxygen atoms in total. The highest BCUT2D eigenvalue weighted by Crippen LogP contribution is 2.37. The van der Waals surface area contributed by atoms with Crippen molar-refractivity contribution < 1.29 is 61.8 Å². The van der Waals surface area contributed by atoms with Crippen LogP contribution < -0.4 is 0 Å². The summed E-state index contributed by atoms with van der Waals surface area (Å²) in [5, 5.41) is 4.14. The average Bonchev–Trinajstić information content (AvgIpc) is 3.29. The lowest BCUT2D eigenvalue weighted by molar-refractivity contribution is -0.351. The Labute approximate surface area is 359 Å². The van der Waals surface area contributed by atoms with Crippen LogP contribution in [0.25, 0.3) is 10.4 Å². The minimum Gasteiger partial charge on any atom is -0.467 e. The van der Waals surface area contributed by atoms with E-state index in [0.717, 1.165) is 16.7 Å². The van der Waals surface area contributed by atoms with E-state index in [-0.39, 0.29) is 32.0 Å². The zero-order valence-corrected chi connectivity index (χ0v) is 34.9. The van der Waals surface area contributed by atoms with E-state index in [1.807, 2.05) is 91.0 Å². The van der Waals surface area contributed by atoms with Crippen molar-refractivity contribution in [1.29, 1.82) is 0 Å². The number of azide groups is 1. The molecule has 4 aromatic rings. The molecule has 0 bridgehead atoms. The fourth-order valence-electron chi connectivity index (χ4n) is 7.09. The number of ether oxygens (including phenoxy) is 10. The third-order valence-electron chi connectivity index (χ3n) is 9.98. The maximum Gasteiger partial charge on any atom is 0.338 e. The highest BCUT2D eigenvalue weighted by molar-refractivity contribution is 5.89. The van der Waals surface area contributed by atoms with Crippen LogP contribution in [0.15, 0.2) is 126 Å². The molecule has 0 saturated carbocycles. The van der Waals surface area contributed by atoms with E-state index in [2.05, 4.69) is 10.0 Å². The number of carbonyl (C=O) groups is 3. The molecule has 2 heterocycles. The number of carbonyl (C=O) groups excluding carboxylic acids is 3. The van der Waals surface area contributed by atoms with E-state index < -0.39 is 85.4 Å². The summed E-state index contributed by atoms with van der Waals surface area (Å²) in [5.41, 5.74) is 12.7. The van der Waals surface area contributed by atoms with Crippen molar-refractivity contribution in [3.05, 3.63) is 154 Å². The first kappa shape index (κ1) is 45.8. The van der Waals surface area contributed by atoms with Gasteiger partial charge in [-0.2, -0.15) is 0 Å². The van der Waals surface area contributed by atoms with E-state index >= 15 is 0 Å². The van der Waals surface area contributed by atoms with Crippen LogP contribution in [-0.4, -0.2) is 99.1 Å². The Kier molecular flexibility index (Phi) is 17.0. The van der Waals surface area contributed by atoms with Crippen molar-refractivity contribution in [1.82, 2.24) is 0 Å². The SMILES string of the molecule is COC(=O)[C@@H]1O[C@@H](OC(C)C)[C@H](OC(=O)c2ccccc2)[C@@H](OCc2ccccc2)[C@@H]1O[C@H]1O[C@H](COC(C)=O)[C@@H](OCc2ccccc2)[C@H](OCc2ccccc2)[C@H]1N=[N+]=[N-]. The average molecular weight is 854 g/mol. The Bertz CT molecular complexity index is 2060. The lowest BCUT2D eigenvalue weighted by Crippen LogP contribution is -2.66. The first-order valence-electron chi connectivity index (χ1n) is 20.2. The molecule has 2 aliphatic heterocycles. The van der Waals surface area contributed by atoms with Gasteiger partial charge in [-0.05, 0) is 48.2 Å². The zero-order valence-electron chi connectivity index (χ0n) is 34.9. The van der Waals surface area contributed by atoms with Crippen LogP contribution >= 0.6 is 0 Å². The second kappa shape index (κ2) is 23.0. The van der Waals surface area contributed by atoms with E-state index in [0.29, 0.717) is 0 Å². The summed E-state index contributed by atoms with van der Waals surface area (Å²) in [7, 11) is 1.18. The number of methoxy groups -OCH3 is 1. The molecule has 0 N–H and O–H groups in total. The molecule has 328 valence electrons. The maximum atomic E-state index is 13.8. The molecule has 4 aromatic carbocycles. The Morgan fingerprint density at radius 2 is 1.19 bits per heavy atom. The summed E-state index contributed by atoms with van der Waals surface area (Å²) in [4.78, 5) is 43.0. The monoisotopic (exact) mass is 853 g/mol. The highest BCUT2D eigenvalue weighted by Gasteiger charge is 2.57. The molecule has 2 fully saturated rings. The number of rotatable bonds is 19. The lowest BCUT2D eigenvalue weighted by Gasteiger charge is -2.49. The first-order valence-corrected chi connectivity index (χ1v) is 20.2. The highest BCUT2D eigenvalue weighted by atomic mass is 16.8. The molecule has 62 heavy (non-hydrogen) atoms. The molecule has 0 unspecified atom stereocenters. The molecule has 2 aliphatic rings. The zero-order chi connectivity index (χ0) is 43.8. The van der Waals surface area contributed by atoms with Crippen LogP contribution in [0.1, 0.15) is 47.8 Å². The maximum absolute atomic E-state index is 13.8. The molecular weight excluding hydrogens is 803 g/mol. The quantitative estimate of drug-likeness (QED) is 0.0321. The standard InChI is InChI=1S/C46H51N3O13/c1-29(2)58-46-42(60-43(51)34-23-15-8-16-24-34)39(57-27-33-21-13-7-14-22-33)40(41(62-46)44(52)53-4)61-45-36(48-49-47)38(56-26-32-19-11-6-12-20-32)37(35(59-45)28-54-30(3)50)55-25-31-17-9-5-10-18-31/h5-24,29,35-42,45-46H,25-28H2,1-4H3/t35-,36-,37-,38-,39+,40+,41-,42-,45-,46-/m1/s1. The number of hydrogen-bond acceptors (Lipinski definition) is 14. The van der Waals surface area contributed by atoms with Gasteiger partial charge >= 0.3 is 17.9 Å². The summed E-state index contributed by atoms with van der Waals surface area (Å²) in [6.45, 7) is 4.55. The predicted molar refractivity (Wildman–Crippen MR) is 221 cm³/mol. The summed E-state index contributed by atoms with van der Waals surface area (Å²) in [6, 6.07) is 34.9. The van der Waals surface area contributed by atoms with E-state index in [1.165, 1.54) is 14.0 Å². The smallest absolute Gasteiger partial charge is 0.338 e. The predicted octanol–water partition coefficient (Wildman–Crippen LogP) is 6.64. The topological polar surface area (TPSA) is 192 Å². The van der Waals surface area contributed by atoms with Crippen LogP contribution in [0.3, 0.4) is 0 Å². The molecule has 16 heteroatoms.